The number of carbonyl (C=O) groups is 1. The monoisotopic (exact) mass is 280 g/mol. The first-order chi connectivity index (χ1) is 9.41. The van der Waals surface area contributed by atoms with Gasteiger partial charge in [-0.25, -0.2) is 14.4 Å². The summed E-state index contributed by atoms with van der Waals surface area (Å²) in [4.78, 5) is 23.1. The van der Waals surface area contributed by atoms with Crippen LogP contribution in [0.5, 0.6) is 0 Å². The zero-order valence-electron chi connectivity index (χ0n) is 12.4. The summed E-state index contributed by atoms with van der Waals surface area (Å²) < 4.78 is 14.4. The van der Waals surface area contributed by atoms with E-state index >= 15 is 0 Å². The number of amides is 1. The molecule has 1 atom stereocenters. The molecule has 0 N–H and O–H groups in total. The van der Waals surface area contributed by atoms with E-state index < -0.39 is 0 Å². The molecule has 1 aromatic rings. The number of rotatable bonds is 3. The summed E-state index contributed by atoms with van der Waals surface area (Å²) in [7, 11) is 1.78. The second-order valence-electron chi connectivity index (χ2n) is 5.57. The summed E-state index contributed by atoms with van der Waals surface area (Å²) in [5.41, 5.74) is 0.443. The smallest absolute Gasteiger partial charge is 0.219 e. The highest BCUT2D eigenvalue weighted by Gasteiger charge is 2.30. The maximum atomic E-state index is 14.4. The molecule has 1 fully saturated rings. The molecular weight excluding hydrogens is 259 g/mol. The van der Waals surface area contributed by atoms with Gasteiger partial charge < -0.3 is 9.80 Å². The van der Waals surface area contributed by atoms with Gasteiger partial charge in [0.2, 0.25) is 5.91 Å². The molecule has 1 unspecified atom stereocenters. The van der Waals surface area contributed by atoms with Gasteiger partial charge in [0.05, 0.1) is 11.7 Å². The van der Waals surface area contributed by atoms with Gasteiger partial charge in [0.25, 0.3) is 0 Å². The van der Waals surface area contributed by atoms with Gasteiger partial charge in [0.1, 0.15) is 6.33 Å². The Labute approximate surface area is 118 Å². The van der Waals surface area contributed by atoms with Gasteiger partial charge in [-0.1, -0.05) is 13.8 Å². The van der Waals surface area contributed by atoms with Crippen LogP contribution in [-0.4, -0.2) is 47.0 Å². The first-order valence-electron chi connectivity index (χ1n) is 6.90. The predicted molar refractivity (Wildman–Crippen MR) is 75.1 cm³/mol. The Morgan fingerprint density at radius 1 is 1.50 bits per heavy atom. The minimum atomic E-state index is -0.339. The van der Waals surface area contributed by atoms with Crippen molar-refractivity contribution in [2.24, 2.45) is 0 Å². The van der Waals surface area contributed by atoms with Gasteiger partial charge in [-0.3, -0.25) is 4.79 Å². The van der Waals surface area contributed by atoms with Crippen molar-refractivity contribution in [2.45, 2.75) is 39.2 Å². The van der Waals surface area contributed by atoms with E-state index in [4.69, 9.17) is 0 Å². The van der Waals surface area contributed by atoms with Crippen LogP contribution in [0.1, 0.15) is 38.8 Å². The third kappa shape index (κ3) is 2.73. The maximum absolute atomic E-state index is 14.4. The summed E-state index contributed by atoms with van der Waals surface area (Å²) >= 11 is 0. The number of hydrogen-bond donors (Lipinski definition) is 0. The van der Waals surface area contributed by atoms with Crippen LogP contribution >= 0.6 is 0 Å². The van der Waals surface area contributed by atoms with Crippen LogP contribution in [0.2, 0.25) is 0 Å². The Hall–Kier alpha value is -1.72. The van der Waals surface area contributed by atoms with E-state index in [2.05, 4.69) is 9.97 Å². The topological polar surface area (TPSA) is 49.3 Å². The largest absolute Gasteiger partial charge is 0.352 e. The van der Waals surface area contributed by atoms with Crippen molar-refractivity contribution in [1.29, 1.82) is 0 Å². The Kier molecular flexibility index (Phi) is 4.20. The van der Waals surface area contributed by atoms with E-state index in [1.54, 1.807) is 18.9 Å². The third-order valence-electron chi connectivity index (χ3n) is 3.85. The van der Waals surface area contributed by atoms with Gasteiger partial charge in [-0.15, -0.1) is 0 Å². The second kappa shape index (κ2) is 5.73. The van der Waals surface area contributed by atoms with E-state index in [0.717, 1.165) is 6.42 Å². The lowest BCUT2D eigenvalue weighted by atomic mass is 10.1. The second-order valence-corrected chi connectivity index (χ2v) is 5.57. The van der Waals surface area contributed by atoms with Gasteiger partial charge >= 0.3 is 0 Å². The van der Waals surface area contributed by atoms with Gasteiger partial charge in [0, 0.05) is 27.1 Å². The molecule has 0 aromatic carbocycles. The Balaban J connectivity index is 2.18. The zero-order valence-corrected chi connectivity index (χ0v) is 12.4. The molecule has 2 heterocycles. The van der Waals surface area contributed by atoms with Crippen LogP contribution in [-0.2, 0) is 4.79 Å². The van der Waals surface area contributed by atoms with Gasteiger partial charge in [-0.2, -0.15) is 0 Å². The molecule has 0 saturated carbocycles. The quantitative estimate of drug-likeness (QED) is 0.847. The van der Waals surface area contributed by atoms with Gasteiger partial charge in [-0.05, 0) is 12.3 Å². The number of likely N-dealkylation sites (N-methyl/N-ethyl adjacent to an activating group) is 1. The molecule has 6 heteroatoms. The van der Waals surface area contributed by atoms with Crippen LogP contribution in [0.25, 0.3) is 0 Å². The normalized spacial score (nSPS) is 18.7. The molecule has 0 bridgehead atoms. The summed E-state index contributed by atoms with van der Waals surface area (Å²) in [6.07, 6.45) is 2.24. The molecule has 0 aliphatic carbocycles. The third-order valence-corrected chi connectivity index (χ3v) is 3.85. The molecular formula is C14H21FN4O. The fourth-order valence-electron chi connectivity index (χ4n) is 2.50. The first-order valence-corrected chi connectivity index (χ1v) is 6.90. The van der Waals surface area contributed by atoms with Crippen molar-refractivity contribution in [3.63, 3.8) is 0 Å². The lowest BCUT2D eigenvalue weighted by Gasteiger charge is -2.24. The molecule has 1 aliphatic rings. The molecule has 0 spiro atoms. The fraction of sp³-hybridized carbons (Fsp3) is 0.643. The minimum Gasteiger partial charge on any atom is -0.352 e. The molecule has 5 nitrogen and oxygen atoms in total. The SMILES string of the molecule is CC(=O)N(C)C1CCN(c2ncnc(C(C)C)c2F)C1. The standard InChI is InChI=1S/C14H21FN4O/c1-9(2)13-12(15)14(17-8-16-13)19-6-5-11(7-19)18(4)10(3)20/h8-9,11H,5-7H2,1-4H3. The van der Waals surface area contributed by atoms with E-state index in [0.29, 0.717) is 24.6 Å². The Bertz CT molecular complexity index is 506. The van der Waals surface area contributed by atoms with Crippen LogP contribution < -0.4 is 4.90 Å². The van der Waals surface area contributed by atoms with E-state index in [1.165, 1.54) is 6.33 Å². The summed E-state index contributed by atoms with van der Waals surface area (Å²) in [5, 5.41) is 0. The molecule has 1 saturated heterocycles. The number of aromatic nitrogens is 2. The summed E-state index contributed by atoms with van der Waals surface area (Å²) in [6.45, 7) is 6.68. The van der Waals surface area contributed by atoms with Crippen LogP contribution in [0.3, 0.4) is 0 Å². The van der Waals surface area contributed by atoms with Crippen molar-refractivity contribution < 1.29 is 9.18 Å². The van der Waals surface area contributed by atoms with Crippen LogP contribution in [0, 0.1) is 5.82 Å². The first kappa shape index (κ1) is 14.7. The van der Waals surface area contributed by atoms with Crippen LogP contribution in [0.15, 0.2) is 6.33 Å². The number of carbonyl (C=O) groups excluding carboxylic acids is 1. The fourth-order valence-corrected chi connectivity index (χ4v) is 2.50. The molecule has 1 aliphatic heterocycles. The predicted octanol–water partition coefficient (Wildman–Crippen LogP) is 1.80. The molecule has 0 radical (unpaired) electrons. The molecule has 1 aromatic heterocycles. The summed E-state index contributed by atoms with van der Waals surface area (Å²) in [5.74, 6) is 0.0645. The number of halogens is 1. The van der Waals surface area contributed by atoms with E-state index in [1.807, 2.05) is 18.7 Å². The maximum Gasteiger partial charge on any atom is 0.219 e. The van der Waals surface area contributed by atoms with Crippen molar-refractivity contribution in [3.05, 3.63) is 17.8 Å². The van der Waals surface area contributed by atoms with E-state index in [-0.39, 0.29) is 23.7 Å². The zero-order chi connectivity index (χ0) is 14.9. The van der Waals surface area contributed by atoms with Crippen molar-refractivity contribution in [2.75, 3.05) is 25.0 Å². The van der Waals surface area contributed by atoms with Crippen LogP contribution in [0.4, 0.5) is 10.2 Å². The molecule has 20 heavy (non-hydrogen) atoms. The molecule has 2 rings (SSSR count). The molecule has 1 amide bonds. The Morgan fingerprint density at radius 3 is 2.80 bits per heavy atom. The molecule has 110 valence electrons. The minimum absolute atomic E-state index is 0.0232. The van der Waals surface area contributed by atoms with Crippen molar-refractivity contribution >= 4 is 11.7 Å². The van der Waals surface area contributed by atoms with E-state index in [9.17, 15) is 9.18 Å². The van der Waals surface area contributed by atoms with Crippen molar-refractivity contribution in [1.82, 2.24) is 14.9 Å². The van der Waals surface area contributed by atoms with Crippen molar-refractivity contribution in [3.8, 4) is 0 Å². The number of anilines is 1. The average Bonchev–Trinajstić information content (AvgIpc) is 2.86. The highest BCUT2D eigenvalue weighted by atomic mass is 19.1. The highest BCUT2D eigenvalue weighted by molar-refractivity contribution is 5.73. The number of hydrogen-bond acceptors (Lipinski definition) is 4. The average molecular weight is 280 g/mol. The van der Waals surface area contributed by atoms with Gasteiger partial charge in [0.15, 0.2) is 11.6 Å². The lowest BCUT2D eigenvalue weighted by molar-refractivity contribution is -0.129. The number of nitrogens with zero attached hydrogens (tertiary/aromatic N) is 4. The lowest BCUT2D eigenvalue weighted by Crippen LogP contribution is -2.37. The summed E-state index contributed by atoms with van der Waals surface area (Å²) in [6, 6.07) is 0.115. The Morgan fingerprint density at radius 2 is 2.20 bits per heavy atom. The highest BCUT2D eigenvalue weighted by Crippen LogP contribution is 2.26.